The van der Waals surface area contributed by atoms with Gasteiger partial charge < -0.3 is 18.6 Å². The van der Waals surface area contributed by atoms with Crippen molar-refractivity contribution in [3.05, 3.63) is 94.1 Å². The van der Waals surface area contributed by atoms with Crippen LogP contribution in [0.1, 0.15) is 11.1 Å². The van der Waals surface area contributed by atoms with Gasteiger partial charge in [0.05, 0.1) is 18.1 Å². The van der Waals surface area contributed by atoms with Crippen LogP contribution in [0, 0.1) is 5.82 Å². The number of fused-ring (bicyclic) bond motifs is 3. The van der Waals surface area contributed by atoms with E-state index in [1.165, 1.54) is 25.5 Å². The van der Waals surface area contributed by atoms with Gasteiger partial charge in [0.25, 0.3) is 0 Å². The van der Waals surface area contributed by atoms with Gasteiger partial charge in [-0.1, -0.05) is 24.3 Å². The second-order valence-corrected chi connectivity index (χ2v) is 7.49. The van der Waals surface area contributed by atoms with Crippen molar-refractivity contribution < 1.29 is 23.0 Å². The molecule has 5 rings (SSSR count). The second kappa shape index (κ2) is 8.36. The van der Waals surface area contributed by atoms with E-state index in [2.05, 4.69) is 0 Å². The zero-order chi connectivity index (χ0) is 22.1. The molecule has 4 aromatic rings. The molecule has 0 spiro atoms. The Hall–Kier alpha value is -3.84. The van der Waals surface area contributed by atoms with Gasteiger partial charge in [-0.2, -0.15) is 0 Å². The minimum atomic E-state index is -0.282. The number of hydrogen-bond acceptors (Lipinski definition) is 6. The summed E-state index contributed by atoms with van der Waals surface area (Å²) in [4.78, 5) is 15.2. The summed E-state index contributed by atoms with van der Waals surface area (Å²) >= 11 is 0. The molecule has 0 radical (unpaired) electrons. The maximum atomic E-state index is 13.2. The highest BCUT2D eigenvalue weighted by atomic mass is 19.1. The molecule has 0 atom stereocenters. The van der Waals surface area contributed by atoms with Crippen LogP contribution < -0.4 is 19.6 Å². The van der Waals surface area contributed by atoms with Crippen molar-refractivity contribution in [2.45, 2.75) is 13.1 Å². The van der Waals surface area contributed by atoms with Gasteiger partial charge in [0, 0.05) is 13.1 Å². The van der Waals surface area contributed by atoms with Crippen LogP contribution in [0.25, 0.3) is 11.0 Å². The molecule has 1 aliphatic heterocycles. The molecule has 6 nitrogen and oxygen atoms in total. The SMILES string of the molecule is COc1ccccc1Oc1coc2c3c(ccc2c1=O)OCN(Cc1ccc(F)cc1)C3. The highest BCUT2D eigenvalue weighted by Gasteiger charge is 2.23. The minimum Gasteiger partial charge on any atom is -0.493 e. The molecule has 0 saturated carbocycles. The maximum absolute atomic E-state index is 13.2. The smallest absolute Gasteiger partial charge is 0.235 e. The first-order chi connectivity index (χ1) is 15.6. The molecule has 0 unspecified atom stereocenters. The fourth-order valence-electron chi connectivity index (χ4n) is 3.78. The predicted octanol–water partition coefficient (Wildman–Crippen LogP) is 5.09. The van der Waals surface area contributed by atoms with E-state index in [9.17, 15) is 9.18 Å². The van der Waals surface area contributed by atoms with Crippen LogP contribution in [0.4, 0.5) is 4.39 Å². The van der Waals surface area contributed by atoms with Gasteiger partial charge in [-0.25, -0.2) is 4.39 Å². The molecule has 0 amide bonds. The molecule has 0 N–H and O–H groups in total. The average molecular weight is 433 g/mol. The summed E-state index contributed by atoms with van der Waals surface area (Å²) < 4.78 is 36.0. The van der Waals surface area contributed by atoms with Crippen molar-refractivity contribution in [1.29, 1.82) is 0 Å². The van der Waals surface area contributed by atoms with E-state index in [0.29, 0.717) is 48.0 Å². The van der Waals surface area contributed by atoms with E-state index in [1.54, 1.807) is 42.5 Å². The quantitative estimate of drug-likeness (QED) is 0.437. The minimum absolute atomic E-state index is 0.0712. The standard InChI is InChI=1S/C25H20FNO5/c1-29-21-4-2-3-5-22(21)32-23-14-30-25-18(24(23)28)10-11-20-19(25)13-27(15-31-20)12-16-6-8-17(26)9-7-16/h2-11,14H,12-13,15H2,1H3. The van der Waals surface area contributed by atoms with Crippen molar-refractivity contribution in [2.75, 3.05) is 13.8 Å². The fraction of sp³-hybridized carbons (Fsp3) is 0.160. The Morgan fingerprint density at radius 2 is 1.78 bits per heavy atom. The summed E-state index contributed by atoms with van der Waals surface area (Å²) in [7, 11) is 1.54. The van der Waals surface area contributed by atoms with Gasteiger partial charge in [-0.3, -0.25) is 9.69 Å². The Bertz CT molecular complexity index is 1330. The van der Waals surface area contributed by atoms with Gasteiger partial charge >= 0.3 is 0 Å². The number of benzene rings is 3. The number of halogens is 1. The van der Waals surface area contributed by atoms with Gasteiger partial charge in [0.1, 0.15) is 30.1 Å². The van der Waals surface area contributed by atoms with E-state index in [-0.39, 0.29) is 17.0 Å². The molecule has 1 aromatic heterocycles. The zero-order valence-electron chi connectivity index (χ0n) is 17.3. The van der Waals surface area contributed by atoms with Crippen molar-refractivity contribution in [2.24, 2.45) is 0 Å². The first kappa shape index (κ1) is 20.1. The van der Waals surface area contributed by atoms with Crippen LogP contribution in [0.3, 0.4) is 0 Å². The van der Waals surface area contributed by atoms with Crippen molar-refractivity contribution in [3.8, 4) is 23.0 Å². The topological polar surface area (TPSA) is 61.1 Å². The first-order valence-electron chi connectivity index (χ1n) is 10.1. The molecule has 162 valence electrons. The number of rotatable bonds is 5. The fourth-order valence-corrected chi connectivity index (χ4v) is 3.78. The van der Waals surface area contributed by atoms with Crippen LogP contribution in [-0.2, 0) is 13.1 Å². The van der Waals surface area contributed by atoms with E-state index < -0.39 is 0 Å². The lowest BCUT2D eigenvalue weighted by molar-refractivity contribution is 0.0890. The summed E-state index contributed by atoms with van der Waals surface area (Å²) in [6.07, 6.45) is 1.32. The Kier molecular flexibility index (Phi) is 5.25. The molecule has 0 fully saturated rings. The van der Waals surface area contributed by atoms with Gasteiger partial charge in [-0.05, 0) is 42.0 Å². The number of methoxy groups -OCH3 is 1. The van der Waals surface area contributed by atoms with Crippen molar-refractivity contribution in [1.82, 2.24) is 4.90 Å². The molecule has 0 bridgehead atoms. The number of hydrogen-bond donors (Lipinski definition) is 0. The Balaban J connectivity index is 1.46. The molecule has 1 aliphatic rings. The van der Waals surface area contributed by atoms with Crippen LogP contribution in [-0.4, -0.2) is 18.7 Å². The Morgan fingerprint density at radius 3 is 2.56 bits per heavy atom. The molecule has 7 heteroatoms. The van der Waals surface area contributed by atoms with Gasteiger partial charge in [-0.15, -0.1) is 0 Å². The molecule has 0 saturated heterocycles. The third kappa shape index (κ3) is 3.78. The summed E-state index contributed by atoms with van der Waals surface area (Å²) in [5.74, 6) is 1.42. The number of ether oxygens (including phenoxy) is 3. The Morgan fingerprint density at radius 1 is 1.00 bits per heavy atom. The lowest BCUT2D eigenvalue weighted by Crippen LogP contribution is -2.31. The van der Waals surface area contributed by atoms with Crippen molar-refractivity contribution in [3.63, 3.8) is 0 Å². The Labute approximate surface area is 183 Å². The highest BCUT2D eigenvalue weighted by Crippen LogP contribution is 2.34. The summed E-state index contributed by atoms with van der Waals surface area (Å²) in [5.41, 5.74) is 1.93. The van der Waals surface area contributed by atoms with Crippen LogP contribution in [0.15, 0.2) is 76.1 Å². The molecule has 32 heavy (non-hydrogen) atoms. The van der Waals surface area contributed by atoms with Crippen LogP contribution in [0.2, 0.25) is 0 Å². The molecule has 3 aromatic carbocycles. The van der Waals surface area contributed by atoms with E-state index in [4.69, 9.17) is 18.6 Å². The van der Waals surface area contributed by atoms with E-state index in [0.717, 1.165) is 11.1 Å². The summed E-state index contributed by atoms with van der Waals surface area (Å²) in [5, 5.41) is 0.406. The average Bonchev–Trinajstić information content (AvgIpc) is 2.82. The maximum Gasteiger partial charge on any atom is 0.235 e. The molecule has 2 heterocycles. The normalized spacial score (nSPS) is 13.4. The first-order valence-corrected chi connectivity index (χ1v) is 10.1. The van der Waals surface area contributed by atoms with Crippen LogP contribution >= 0.6 is 0 Å². The second-order valence-electron chi connectivity index (χ2n) is 7.49. The predicted molar refractivity (Wildman–Crippen MR) is 117 cm³/mol. The lowest BCUT2D eigenvalue weighted by Gasteiger charge is -2.29. The summed E-state index contributed by atoms with van der Waals surface area (Å²) in [6.45, 7) is 1.49. The number of para-hydroxylation sites is 2. The highest BCUT2D eigenvalue weighted by molar-refractivity contribution is 5.83. The van der Waals surface area contributed by atoms with Gasteiger partial charge in [0.15, 0.2) is 11.5 Å². The monoisotopic (exact) mass is 433 g/mol. The molecular formula is C25H20FNO5. The lowest BCUT2D eigenvalue weighted by atomic mass is 10.1. The molecular weight excluding hydrogens is 413 g/mol. The van der Waals surface area contributed by atoms with Crippen LogP contribution in [0.5, 0.6) is 23.0 Å². The molecule has 0 aliphatic carbocycles. The van der Waals surface area contributed by atoms with E-state index in [1.807, 2.05) is 11.0 Å². The summed E-state index contributed by atoms with van der Waals surface area (Å²) in [6, 6.07) is 16.9. The third-order valence-electron chi connectivity index (χ3n) is 5.36. The number of nitrogens with zero attached hydrogens (tertiary/aromatic N) is 1. The largest absolute Gasteiger partial charge is 0.493 e. The third-order valence-corrected chi connectivity index (χ3v) is 5.36. The van der Waals surface area contributed by atoms with Gasteiger partial charge in [0.2, 0.25) is 11.2 Å². The van der Waals surface area contributed by atoms with E-state index >= 15 is 0 Å². The zero-order valence-corrected chi connectivity index (χ0v) is 17.3. The van der Waals surface area contributed by atoms with Crippen molar-refractivity contribution >= 4 is 11.0 Å².